The highest BCUT2D eigenvalue weighted by Gasteiger charge is 2.05. The normalized spacial score (nSPS) is 10.4. The van der Waals surface area contributed by atoms with Crippen molar-refractivity contribution in [1.29, 1.82) is 0 Å². The molecular weight excluding hydrogens is 196 g/mol. The standard InChI is InChI=1S/C10H16N2OS/c1-8-12-9(7-14-8)6-10(13)4-3-5-11-2/h7,11H,3-6H2,1-2H3. The second kappa shape index (κ2) is 5.88. The zero-order chi connectivity index (χ0) is 10.4. The number of aromatic nitrogens is 1. The summed E-state index contributed by atoms with van der Waals surface area (Å²) in [4.78, 5) is 15.7. The molecular formula is C10H16N2OS. The van der Waals surface area contributed by atoms with Gasteiger partial charge in [-0.25, -0.2) is 4.98 Å². The van der Waals surface area contributed by atoms with Crippen LogP contribution in [0.5, 0.6) is 0 Å². The van der Waals surface area contributed by atoms with Crippen LogP contribution in [0.25, 0.3) is 0 Å². The van der Waals surface area contributed by atoms with E-state index in [1.165, 1.54) is 0 Å². The number of thiazole rings is 1. The lowest BCUT2D eigenvalue weighted by Gasteiger charge is -1.98. The molecule has 0 aromatic carbocycles. The van der Waals surface area contributed by atoms with E-state index in [0.29, 0.717) is 12.8 Å². The van der Waals surface area contributed by atoms with Crippen LogP contribution in [0, 0.1) is 6.92 Å². The molecule has 0 amide bonds. The largest absolute Gasteiger partial charge is 0.320 e. The van der Waals surface area contributed by atoms with Gasteiger partial charge in [-0.05, 0) is 26.9 Å². The maximum absolute atomic E-state index is 11.4. The molecule has 0 bridgehead atoms. The van der Waals surface area contributed by atoms with Crippen molar-refractivity contribution in [1.82, 2.24) is 10.3 Å². The van der Waals surface area contributed by atoms with Gasteiger partial charge in [-0.1, -0.05) is 0 Å². The highest BCUT2D eigenvalue weighted by Crippen LogP contribution is 2.09. The average molecular weight is 212 g/mol. The summed E-state index contributed by atoms with van der Waals surface area (Å²) >= 11 is 1.60. The number of hydrogen-bond acceptors (Lipinski definition) is 4. The summed E-state index contributed by atoms with van der Waals surface area (Å²) in [5.74, 6) is 0.283. The minimum Gasteiger partial charge on any atom is -0.320 e. The Bertz CT molecular complexity index is 296. The first-order valence-electron chi connectivity index (χ1n) is 4.79. The van der Waals surface area contributed by atoms with Gasteiger partial charge >= 0.3 is 0 Å². The van der Waals surface area contributed by atoms with Gasteiger partial charge in [0.15, 0.2) is 0 Å². The SMILES string of the molecule is CNCCCC(=O)Cc1csc(C)n1. The maximum atomic E-state index is 11.4. The van der Waals surface area contributed by atoms with Crippen LogP contribution < -0.4 is 5.32 Å². The molecule has 3 nitrogen and oxygen atoms in total. The lowest BCUT2D eigenvalue weighted by molar-refractivity contribution is -0.118. The second-order valence-corrected chi connectivity index (χ2v) is 4.34. The van der Waals surface area contributed by atoms with Gasteiger partial charge in [0.1, 0.15) is 5.78 Å². The topological polar surface area (TPSA) is 42.0 Å². The second-order valence-electron chi connectivity index (χ2n) is 3.28. The van der Waals surface area contributed by atoms with E-state index in [2.05, 4.69) is 10.3 Å². The van der Waals surface area contributed by atoms with Crippen LogP contribution >= 0.6 is 11.3 Å². The summed E-state index contributed by atoms with van der Waals surface area (Å²) in [6.45, 7) is 2.86. The zero-order valence-electron chi connectivity index (χ0n) is 8.67. The van der Waals surface area contributed by atoms with Crippen molar-refractivity contribution in [2.24, 2.45) is 0 Å². The summed E-state index contributed by atoms with van der Waals surface area (Å²) in [6, 6.07) is 0. The fourth-order valence-corrected chi connectivity index (χ4v) is 1.85. The van der Waals surface area contributed by atoms with Gasteiger partial charge in [-0.3, -0.25) is 4.79 Å². The van der Waals surface area contributed by atoms with Crippen LogP contribution in [-0.2, 0) is 11.2 Å². The van der Waals surface area contributed by atoms with Gasteiger partial charge in [0.05, 0.1) is 10.7 Å². The van der Waals surface area contributed by atoms with Crippen molar-refractivity contribution in [2.75, 3.05) is 13.6 Å². The van der Waals surface area contributed by atoms with E-state index in [-0.39, 0.29) is 5.78 Å². The number of Topliss-reactive ketones (excluding diaryl/α,β-unsaturated/α-hetero) is 1. The quantitative estimate of drug-likeness (QED) is 0.728. The van der Waals surface area contributed by atoms with Gasteiger partial charge in [0.2, 0.25) is 0 Å². The molecule has 0 aliphatic carbocycles. The van der Waals surface area contributed by atoms with Crippen molar-refractivity contribution in [3.63, 3.8) is 0 Å². The van der Waals surface area contributed by atoms with Crippen LogP contribution in [0.3, 0.4) is 0 Å². The molecule has 1 rings (SSSR count). The van der Waals surface area contributed by atoms with E-state index in [1.54, 1.807) is 11.3 Å². The number of ketones is 1. The summed E-state index contributed by atoms with van der Waals surface area (Å²) in [5.41, 5.74) is 0.918. The molecule has 0 radical (unpaired) electrons. The van der Waals surface area contributed by atoms with Crippen LogP contribution in [0.15, 0.2) is 5.38 Å². The average Bonchev–Trinajstić information content (AvgIpc) is 2.52. The minimum absolute atomic E-state index is 0.283. The number of hydrogen-bond donors (Lipinski definition) is 1. The van der Waals surface area contributed by atoms with Gasteiger partial charge in [0, 0.05) is 18.2 Å². The molecule has 78 valence electrons. The number of rotatable bonds is 6. The van der Waals surface area contributed by atoms with E-state index in [1.807, 2.05) is 19.4 Å². The van der Waals surface area contributed by atoms with E-state index in [0.717, 1.165) is 23.7 Å². The molecule has 0 aliphatic rings. The Balaban J connectivity index is 2.27. The van der Waals surface area contributed by atoms with E-state index < -0.39 is 0 Å². The third-order valence-electron chi connectivity index (χ3n) is 1.93. The van der Waals surface area contributed by atoms with Gasteiger partial charge in [-0.2, -0.15) is 0 Å². The van der Waals surface area contributed by atoms with Crippen LogP contribution in [0.2, 0.25) is 0 Å². The Morgan fingerprint density at radius 2 is 2.43 bits per heavy atom. The summed E-state index contributed by atoms with van der Waals surface area (Å²) in [7, 11) is 1.90. The summed E-state index contributed by atoms with van der Waals surface area (Å²) in [5, 5.41) is 6.02. The van der Waals surface area contributed by atoms with E-state index in [4.69, 9.17) is 0 Å². The molecule has 0 saturated carbocycles. The Morgan fingerprint density at radius 1 is 1.64 bits per heavy atom. The maximum Gasteiger partial charge on any atom is 0.138 e. The Kier molecular flexibility index (Phi) is 4.76. The first kappa shape index (κ1) is 11.3. The van der Waals surface area contributed by atoms with E-state index >= 15 is 0 Å². The fraction of sp³-hybridized carbons (Fsp3) is 0.600. The highest BCUT2D eigenvalue weighted by molar-refractivity contribution is 7.09. The Hall–Kier alpha value is -0.740. The predicted molar refractivity (Wildman–Crippen MR) is 58.7 cm³/mol. The van der Waals surface area contributed by atoms with E-state index in [9.17, 15) is 4.79 Å². The highest BCUT2D eigenvalue weighted by atomic mass is 32.1. The molecule has 0 saturated heterocycles. The molecule has 1 aromatic heterocycles. The number of aryl methyl sites for hydroxylation is 1. The lowest BCUT2D eigenvalue weighted by Crippen LogP contribution is -2.11. The van der Waals surface area contributed by atoms with Crippen molar-refractivity contribution in [3.05, 3.63) is 16.1 Å². The van der Waals surface area contributed by atoms with Gasteiger partial charge in [-0.15, -0.1) is 11.3 Å². The molecule has 4 heteroatoms. The van der Waals surface area contributed by atoms with Crippen LogP contribution in [0.4, 0.5) is 0 Å². The smallest absolute Gasteiger partial charge is 0.138 e. The minimum atomic E-state index is 0.283. The number of carbonyl (C=O) groups excluding carboxylic acids is 1. The Labute approximate surface area is 88.6 Å². The van der Waals surface area contributed by atoms with Crippen molar-refractivity contribution >= 4 is 17.1 Å². The summed E-state index contributed by atoms with van der Waals surface area (Å²) < 4.78 is 0. The molecule has 0 aliphatic heterocycles. The molecule has 0 spiro atoms. The molecule has 0 atom stereocenters. The third-order valence-corrected chi connectivity index (χ3v) is 2.75. The number of carbonyl (C=O) groups is 1. The lowest BCUT2D eigenvalue weighted by atomic mass is 10.1. The van der Waals surface area contributed by atoms with Crippen molar-refractivity contribution in [2.45, 2.75) is 26.2 Å². The molecule has 1 aromatic rings. The first-order valence-corrected chi connectivity index (χ1v) is 5.67. The van der Waals surface area contributed by atoms with Gasteiger partial charge < -0.3 is 5.32 Å². The number of nitrogens with zero attached hydrogens (tertiary/aromatic N) is 1. The summed E-state index contributed by atoms with van der Waals surface area (Å²) in [6.07, 6.45) is 2.06. The zero-order valence-corrected chi connectivity index (χ0v) is 9.49. The molecule has 1 heterocycles. The first-order chi connectivity index (χ1) is 6.72. The fourth-order valence-electron chi connectivity index (χ4n) is 1.24. The molecule has 0 fully saturated rings. The number of nitrogens with one attached hydrogen (secondary N) is 1. The predicted octanol–water partition coefficient (Wildman–Crippen LogP) is 1.56. The van der Waals surface area contributed by atoms with Crippen LogP contribution in [-0.4, -0.2) is 24.4 Å². The molecule has 14 heavy (non-hydrogen) atoms. The van der Waals surface area contributed by atoms with Crippen molar-refractivity contribution in [3.8, 4) is 0 Å². The third kappa shape index (κ3) is 3.98. The van der Waals surface area contributed by atoms with Gasteiger partial charge in [0.25, 0.3) is 0 Å². The Morgan fingerprint density at radius 3 is 3.00 bits per heavy atom. The molecule has 1 N–H and O–H groups in total. The molecule has 0 unspecified atom stereocenters. The monoisotopic (exact) mass is 212 g/mol. The van der Waals surface area contributed by atoms with Crippen molar-refractivity contribution < 1.29 is 4.79 Å². The van der Waals surface area contributed by atoms with Crippen LogP contribution in [0.1, 0.15) is 23.5 Å².